The summed E-state index contributed by atoms with van der Waals surface area (Å²) in [6.45, 7) is 6.89. The van der Waals surface area contributed by atoms with Gasteiger partial charge in [0.15, 0.2) is 11.6 Å². The van der Waals surface area contributed by atoms with Crippen LogP contribution in [0.3, 0.4) is 0 Å². The molecule has 0 amide bonds. The molecule has 0 fully saturated rings. The van der Waals surface area contributed by atoms with E-state index in [0.29, 0.717) is 30.8 Å². The first kappa shape index (κ1) is 20.5. The number of anilines is 4. The average molecular weight is 404 g/mol. The van der Waals surface area contributed by atoms with Gasteiger partial charge in [0.25, 0.3) is 11.9 Å². The molecule has 14 heteroatoms. The molecule has 3 heterocycles. The third kappa shape index (κ3) is 5.61. The van der Waals surface area contributed by atoms with Crippen molar-refractivity contribution in [3.8, 4) is 0 Å². The van der Waals surface area contributed by atoms with Gasteiger partial charge in [-0.15, -0.1) is 30.6 Å². The Bertz CT molecular complexity index is 889. The Kier molecular flexibility index (Phi) is 6.56. The van der Waals surface area contributed by atoms with Crippen LogP contribution in [0.25, 0.3) is 0 Å². The van der Waals surface area contributed by atoms with Gasteiger partial charge in [0, 0.05) is 7.11 Å². The Balaban J connectivity index is 1.54. The molecule has 0 saturated heterocycles. The van der Waals surface area contributed by atoms with Crippen LogP contribution >= 0.6 is 0 Å². The molecule has 0 aromatic carbocycles. The second-order valence-corrected chi connectivity index (χ2v) is 6.39. The molecule has 3 aromatic heterocycles. The van der Waals surface area contributed by atoms with E-state index < -0.39 is 0 Å². The van der Waals surface area contributed by atoms with E-state index in [9.17, 15) is 0 Å². The van der Waals surface area contributed by atoms with Crippen molar-refractivity contribution < 1.29 is 9.47 Å². The van der Waals surface area contributed by atoms with Crippen LogP contribution < -0.4 is 10.6 Å². The van der Waals surface area contributed by atoms with Gasteiger partial charge < -0.3 is 9.47 Å². The highest BCUT2D eigenvalue weighted by Gasteiger charge is 2.21. The molecule has 29 heavy (non-hydrogen) atoms. The van der Waals surface area contributed by atoms with Crippen molar-refractivity contribution in [1.82, 2.24) is 50.8 Å². The zero-order chi connectivity index (χ0) is 20.7. The molecule has 0 aliphatic carbocycles. The number of hydrogen-bond donors (Lipinski definition) is 4. The molecule has 0 unspecified atom stereocenters. The first-order valence-corrected chi connectivity index (χ1v) is 9.10. The zero-order valence-electron chi connectivity index (χ0n) is 16.7. The third-order valence-electron chi connectivity index (χ3n) is 4.32. The Hall–Kier alpha value is -3.26. The molecule has 0 aliphatic rings. The number of nitrogens with zero attached hydrogens (tertiary/aromatic N) is 8. The van der Waals surface area contributed by atoms with E-state index in [4.69, 9.17) is 9.47 Å². The maximum atomic E-state index is 5.92. The molecule has 3 rings (SSSR count). The van der Waals surface area contributed by atoms with Crippen molar-refractivity contribution in [1.29, 1.82) is 0 Å². The number of nitrogens with one attached hydrogen (secondary N) is 4. The lowest BCUT2D eigenvalue weighted by Crippen LogP contribution is -2.26. The SMILES string of the molecule is CCC(C)(CC)OCc1nc(Nc2nnc(Nc3n[nH]c(COC)n3)nn2)n[nH]1. The normalized spacial score (nSPS) is 11.6. The van der Waals surface area contributed by atoms with Gasteiger partial charge in [-0.25, -0.2) is 0 Å². The fraction of sp³-hybridized carbons (Fsp3) is 0.600. The molecule has 0 aliphatic heterocycles. The van der Waals surface area contributed by atoms with E-state index >= 15 is 0 Å². The van der Waals surface area contributed by atoms with Gasteiger partial charge in [-0.2, -0.15) is 9.97 Å². The second-order valence-electron chi connectivity index (χ2n) is 6.39. The number of H-pyrrole nitrogens is 2. The van der Waals surface area contributed by atoms with Crippen LogP contribution in [-0.2, 0) is 22.7 Å². The summed E-state index contributed by atoms with van der Waals surface area (Å²) in [6.07, 6.45) is 1.82. The van der Waals surface area contributed by atoms with E-state index in [2.05, 4.69) is 82.2 Å². The molecule has 3 aromatic rings. The van der Waals surface area contributed by atoms with Crippen LogP contribution in [0.15, 0.2) is 0 Å². The van der Waals surface area contributed by atoms with Crippen LogP contribution in [0.1, 0.15) is 45.3 Å². The predicted octanol–water partition coefficient (Wildman–Crippen LogP) is 1.23. The molecule has 0 bridgehead atoms. The van der Waals surface area contributed by atoms with Gasteiger partial charge in [0.2, 0.25) is 11.9 Å². The van der Waals surface area contributed by atoms with E-state index in [1.54, 1.807) is 7.11 Å². The lowest BCUT2D eigenvalue weighted by atomic mass is 10.0. The highest BCUT2D eigenvalue weighted by Crippen LogP contribution is 2.20. The van der Waals surface area contributed by atoms with Crippen LogP contribution in [-0.4, -0.2) is 63.5 Å². The molecule has 4 N–H and O–H groups in total. The molecule has 0 atom stereocenters. The van der Waals surface area contributed by atoms with Gasteiger partial charge in [-0.3, -0.25) is 20.8 Å². The first-order valence-electron chi connectivity index (χ1n) is 9.10. The molecular weight excluding hydrogens is 380 g/mol. The number of hydrogen-bond acceptors (Lipinski definition) is 12. The van der Waals surface area contributed by atoms with Crippen molar-refractivity contribution in [2.75, 3.05) is 17.7 Å². The van der Waals surface area contributed by atoms with Crippen molar-refractivity contribution >= 4 is 23.8 Å². The van der Waals surface area contributed by atoms with Crippen molar-refractivity contribution in [3.05, 3.63) is 11.6 Å². The largest absolute Gasteiger partial charge is 0.377 e. The zero-order valence-corrected chi connectivity index (χ0v) is 16.7. The van der Waals surface area contributed by atoms with E-state index in [0.717, 1.165) is 12.8 Å². The summed E-state index contributed by atoms with van der Waals surface area (Å²) in [6, 6.07) is 0. The standard InChI is InChI=1S/C15H24N12O2/c1-5-15(3,6-2)29-8-10-17-12(23-21-10)19-14-26-24-13(25-27-14)18-11-16-9(7-28-4)20-22-11/h5-8H2,1-4H3,(H2,16,18,20,22,24,25)(H2,17,19,21,23,26,27). The van der Waals surface area contributed by atoms with Crippen molar-refractivity contribution in [2.24, 2.45) is 0 Å². The smallest absolute Gasteiger partial charge is 0.269 e. The number of aromatic nitrogens is 10. The van der Waals surface area contributed by atoms with Crippen molar-refractivity contribution in [3.63, 3.8) is 0 Å². The minimum atomic E-state index is -0.187. The van der Waals surface area contributed by atoms with Gasteiger partial charge in [0.1, 0.15) is 13.2 Å². The number of ether oxygens (including phenoxy) is 2. The third-order valence-corrected chi connectivity index (χ3v) is 4.32. The minimum Gasteiger partial charge on any atom is -0.377 e. The highest BCUT2D eigenvalue weighted by atomic mass is 16.5. The molecular formula is C15H24N12O2. The quantitative estimate of drug-likeness (QED) is 0.360. The Morgan fingerprint density at radius 3 is 1.72 bits per heavy atom. The summed E-state index contributed by atoms with van der Waals surface area (Å²) >= 11 is 0. The Labute approximate surface area is 166 Å². The van der Waals surface area contributed by atoms with Crippen molar-refractivity contribution in [2.45, 2.75) is 52.4 Å². The summed E-state index contributed by atoms with van der Waals surface area (Å²) < 4.78 is 10.9. The summed E-state index contributed by atoms with van der Waals surface area (Å²) in [5.41, 5.74) is -0.187. The summed E-state index contributed by atoms with van der Waals surface area (Å²) in [5, 5.41) is 34.8. The van der Waals surface area contributed by atoms with Gasteiger partial charge in [0.05, 0.1) is 5.60 Å². The van der Waals surface area contributed by atoms with Gasteiger partial charge in [-0.05, 0) is 19.8 Å². The van der Waals surface area contributed by atoms with E-state index in [1.807, 2.05) is 0 Å². The molecule has 0 spiro atoms. The monoisotopic (exact) mass is 404 g/mol. The first-order chi connectivity index (χ1) is 14.0. The fourth-order valence-electron chi connectivity index (χ4n) is 2.19. The summed E-state index contributed by atoms with van der Waals surface area (Å²) in [4.78, 5) is 8.44. The second kappa shape index (κ2) is 9.29. The van der Waals surface area contributed by atoms with E-state index in [1.165, 1.54) is 0 Å². The predicted molar refractivity (Wildman–Crippen MR) is 101 cm³/mol. The molecule has 14 nitrogen and oxygen atoms in total. The Morgan fingerprint density at radius 2 is 1.28 bits per heavy atom. The molecule has 0 saturated carbocycles. The lowest BCUT2D eigenvalue weighted by molar-refractivity contribution is -0.0508. The Morgan fingerprint density at radius 1 is 0.793 bits per heavy atom. The van der Waals surface area contributed by atoms with Gasteiger partial charge >= 0.3 is 0 Å². The molecule has 0 radical (unpaired) electrons. The summed E-state index contributed by atoms with van der Waals surface area (Å²) in [7, 11) is 1.57. The maximum Gasteiger partial charge on any atom is 0.269 e. The average Bonchev–Trinajstić information content (AvgIpc) is 3.37. The minimum absolute atomic E-state index is 0.140. The lowest BCUT2D eigenvalue weighted by Gasteiger charge is -2.26. The number of aromatic amines is 2. The van der Waals surface area contributed by atoms with Gasteiger partial charge in [-0.1, -0.05) is 13.8 Å². The van der Waals surface area contributed by atoms with Crippen LogP contribution in [0.4, 0.5) is 23.8 Å². The topological polar surface area (TPSA) is 177 Å². The summed E-state index contributed by atoms with van der Waals surface area (Å²) in [5.74, 6) is 2.02. The fourth-order valence-corrected chi connectivity index (χ4v) is 2.19. The van der Waals surface area contributed by atoms with Crippen LogP contribution in [0.2, 0.25) is 0 Å². The highest BCUT2D eigenvalue weighted by molar-refractivity contribution is 5.43. The van der Waals surface area contributed by atoms with Crippen LogP contribution in [0, 0.1) is 0 Å². The van der Waals surface area contributed by atoms with Crippen LogP contribution in [0.5, 0.6) is 0 Å². The van der Waals surface area contributed by atoms with E-state index in [-0.39, 0.29) is 23.4 Å². The molecule has 156 valence electrons. The number of methoxy groups -OCH3 is 1. The maximum absolute atomic E-state index is 5.92. The number of rotatable bonds is 11.